The van der Waals surface area contributed by atoms with Gasteiger partial charge in [-0.05, 0) is 43.9 Å². The van der Waals surface area contributed by atoms with Gasteiger partial charge in [0.25, 0.3) is 0 Å². The fraction of sp³-hybridized carbons (Fsp3) is 0.682. The summed E-state index contributed by atoms with van der Waals surface area (Å²) < 4.78 is 31.1. The molecule has 2 N–H and O–H groups in total. The molecule has 2 aliphatic rings. The van der Waals surface area contributed by atoms with Gasteiger partial charge >= 0.3 is 0 Å². The van der Waals surface area contributed by atoms with Gasteiger partial charge in [-0.1, -0.05) is 6.07 Å². The molecular formula is C22H35FN4O3. The fourth-order valence-corrected chi connectivity index (χ4v) is 3.59. The number of benzene rings is 1. The van der Waals surface area contributed by atoms with Gasteiger partial charge in [-0.2, -0.15) is 0 Å². The zero-order valence-electron chi connectivity index (χ0n) is 18.0. The molecule has 0 aliphatic carbocycles. The van der Waals surface area contributed by atoms with Crippen LogP contribution in [-0.4, -0.2) is 71.3 Å². The standard InChI is InChI=1S/C22H35FN4O3/c1-2-24-22(25-8-4-11-29-17-19-5-3-12-30-19)26-16-18-6-7-21(20(23)15-18)27-9-13-28-14-10-27/h6-7,15,19H,2-5,8-14,16-17H2,1H3,(H2,24,25,26). The Labute approximate surface area is 179 Å². The van der Waals surface area contributed by atoms with Crippen LogP contribution in [0, 0.1) is 5.82 Å². The molecule has 2 aliphatic heterocycles. The van der Waals surface area contributed by atoms with E-state index in [1.165, 1.54) is 0 Å². The molecule has 0 spiro atoms. The third-order valence-electron chi connectivity index (χ3n) is 5.21. The molecule has 7 nitrogen and oxygen atoms in total. The molecule has 1 atom stereocenters. The first kappa shape index (κ1) is 22.8. The molecule has 0 radical (unpaired) electrons. The van der Waals surface area contributed by atoms with Crippen LogP contribution in [0.15, 0.2) is 23.2 Å². The average Bonchev–Trinajstić information content (AvgIpc) is 3.28. The smallest absolute Gasteiger partial charge is 0.191 e. The largest absolute Gasteiger partial charge is 0.379 e. The Morgan fingerprint density at radius 2 is 2.13 bits per heavy atom. The van der Waals surface area contributed by atoms with E-state index in [2.05, 4.69) is 15.6 Å². The third-order valence-corrected chi connectivity index (χ3v) is 5.21. The first-order chi connectivity index (χ1) is 14.8. The van der Waals surface area contributed by atoms with Crippen LogP contribution in [0.1, 0.15) is 31.7 Å². The molecule has 168 valence electrons. The van der Waals surface area contributed by atoms with E-state index < -0.39 is 0 Å². The van der Waals surface area contributed by atoms with E-state index in [4.69, 9.17) is 14.2 Å². The predicted octanol–water partition coefficient (Wildman–Crippen LogP) is 2.30. The monoisotopic (exact) mass is 422 g/mol. The maximum absolute atomic E-state index is 14.6. The van der Waals surface area contributed by atoms with Crippen LogP contribution in [0.4, 0.5) is 10.1 Å². The second-order valence-corrected chi connectivity index (χ2v) is 7.57. The number of nitrogens with zero attached hydrogens (tertiary/aromatic N) is 2. The van der Waals surface area contributed by atoms with E-state index in [1.54, 1.807) is 6.07 Å². The van der Waals surface area contributed by atoms with Crippen LogP contribution < -0.4 is 15.5 Å². The minimum absolute atomic E-state index is 0.203. The third kappa shape index (κ3) is 7.41. The van der Waals surface area contributed by atoms with Crippen molar-refractivity contribution in [1.29, 1.82) is 0 Å². The molecule has 0 aromatic heterocycles. The quantitative estimate of drug-likeness (QED) is 0.343. The Kier molecular flexibility index (Phi) is 9.66. The number of guanidine groups is 1. The van der Waals surface area contributed by atoms with Crippen molar-refractivity contribution in [3.63, 3.8) is 0 Å². The number of hydrogen-bond donors (Lipinski definition) is 2. The van der Waals surface area contributed by atoms with Crippen molar-refractivity contribution < 1.29 is 18.6 Å². The first-order valence-electron chi connectivity index (χ1n) is 11.1. The number of halogens is 1. The number of rotatable bonds is 10. The summed E-state index contributed by atoms with van der Waals surface area (Å²) in [6.45, 7) is 8.95. The maximum Gasteiger partial charge on any atom is 0.191 e. The molecule has 2 fully saturated rings. The summed E-state index contributed by atoms with van der Waals surface area (Å²) in [5, 5.41) is 6.54. The van der Waals surface area contributed by atoms with Gasteiger partial charge in [0.2, 0.25) is 0 Å². The summed E-state index contributed by atoms with van der Waals surface area (Å²) in [5.41, 5.74) is 1.49. The first-order valence-corrected chi connectivity index (χ1v) is 11.1. The van der Waals surface area contributed by atoms with Crippen molar-refractivity contribution in [1.82, 2.24) is 10.6 Å². The molecule has 3 rings (SSSR count). The van der Waals surface area contributed by atoms with Gasteiger partial charge in [0.05, 0.1) is 38.2 Å². The number of nitrogens with one attached hydrogen (secondary N) is 2. The topological polar surface area (TPSA) is 67.4 Å². The molecule has 1 unspecified atom stereocenters. The number of anilines is 1. The highest BCUT2D eigenvalue weighted by Gasteiger charge is 2.16. The van der Waals surface area contributed by atoms with Crippen molar-refractivity contribution >= 4 is 11.6 Å². The normalized spacial score (nSPS) is 19.9. The van der Waals surface area contributed by atoms with E-state index in [9.17, 15) is 4.39 Å². The molecule has 0 bridgehead atoms. The van der Waals surface area contributed by atoms with Crippen molar-refractivity contribution in [3.8, 4) is 0 Å². The second-order valence-electron chi connectivity index (χ2n) is 7.57. The molecule has 8 heteroatoms. The molecule has 2 saturated heterocycles. The van der Waals surface area contributed by atoms with Crippen LogP contribution >= 0.6 is 0 Å². The maximum atomic E-state index is 14.6. The molecular weight excluding hydrogens is 387 g/mol. The highest BCUT2D eigenvalue weighted by Crippen LogP contribution is 2.22. The summed E-state index contributed by atoms with van der Waals surface area (Å²) in [6, 6.07) is 5.37. The highest BCUT2D eigenvalue weighted by atomic mass is 19.1. The van der Waals surface area contributed by atoms with Crippen LogP contribution in [0.5, 0.6) is 0 Å². The SMILES string of the molecule is CCNC(=NCc1ccc(N2CCOCC2)c(F)c1)NCCCOCC1CCCO1. The lowest BCUT2D eigenvalue weighted by Gasteiger charge is -2.29. The number of ether oxygens (including phenoxy) is 3. The summed E-state index contributed by atoms with van der Waals surface area (Å²) in [6.07, 6.45) is 3.40. The fourth-order valence-electron chi connectivity index (χ4n) is 3.59. The van der Waals surface area contributed by atoms with Crippen LogP contribution in [0.3, 0.4) is 0 Å². The number of morpholine rings is 1. The Bertz CT molecular complexity index is 662. The predicted molar refractivity (Wildman–Crippen MR) is 117 cm³/mol. The lowest BCUT2D eigenvalue weighted by atomic mass is 10.1. The lowest BCUT2D eigenvalue weighted by Crippen LogP contribution is -2.38. The van der Waals surface area contributed by atoms with Gasteiger partial charge in [0.15, 0.2) is 5.96 Å². The number of hydrogen-bond acceptors (Lipinski definition) is 5. The zero-order chi connectivity index (χ0) is 21.0. The van der Waals surface area contributed by atoms with Crippen LogP contribution in [0.2, 0.25) is 0 Å². The Hall–Kier alpha value is -1.90. The average molecular weight is 423 g/mol. The molecule has 1 aromatic carbocycles. The molecule has 0 saturated carbocycles. The Morgan fingerprint density at radius 1 is 1.27 bits per heavy atom. The summed E-state index contributed by atoms with van der Waals surface area (Å²) in [7, 11) is 0. The Balaban J connectivity index is 1.41. The summed E-state index contributed by atoms with van der Waals surface area (Å²) >= 11 is 0. The Morgan fingerprint density at radius 3 is 2.87 bits per heavy atom. The van der Waals surface area contributed by atoms with E-state index >= 15 is 0 Å². The van der Waals surface area contributed by atoms with E-state index in [-0.39, 0.29) is 11.9 Å². The van der Waals surface area contributed by atoms with Crippen molar-refractivity contribution in [3.05, 3.63) is 29.6 Å². The van der Waals surface area contributed by atoms with Gasteiger partial charge in [-0.15, -0.1) is 0 Å². The van der Waals surface area contributed by atoms with Gasteiger partial charge in [0.1, 0.15) is 5.82 Å². The van der Waals surface area contributed by atoms with Gasteiger partial charge in [0, 0.05) is 39.4 Å². The van der Waals surface area contributed by atoms with Gasteiger partial charge < -0.3 is 29.7 Å². The lowest BCUT2D eigenvalue weighted by molar-refractivity contribution is 0.0168. The summed E-state index contributed by atoms with van der Waals surface area (Å²) in [5.74, 6) is 0.528. The second kappa shape index (κ2) is 12.7. The highest BCUT2D eigenvalue weighted by molar-refractivity contribution is 5.79. The van der Waals surface area contributed by atoms with E-state index in [0.717, 1.165) is 63.6 Å². The van der Waals surface area contributed by atoms with Crippen molar-refractivity contribution in [2.75, 3.05) is 64.1 Å². The van der Waals surface area contributed by atoms with Crippen molar-refractivity contribution in [2.45, 2.75) is 38.8 Å². The van der Waals surface area contributed by atoms with E-state index in [0.29, 0.717) is 38.7 Å². The van der Waals surface area contributed by atoms with Crippen LogP contribution in [-0.2, 0) is 20.8 Å². The molecule has 30 heavy (non-hydrogen) atoms. The molecule has 0 amide bonds. The molecule has 1 aromatic rings. The molecule has 2 heterocycles. The van der Waals surface area contributed by atoms with Gasteiger partial charge in [-0.25, -0.2) is 9.38 Å². The summed E-state index contributed by atoms with van der Waals surface area (Å²) in [4.78, 5) is 6.61. The van der Waals surface area contributed by atoms with E-state index in [1.807, 2.05) is 24.0 Å². The minimum atomic E-state index is -0.203. The van der Waals surface area contributed by atoms with Crippen LogP contribution in [0.25, 0.3) is 0 Å². The van der Waals surface area contributed by atoms with Crippen molar-refractivity contribution in [2.24, 2.45) is 4.99 Å². The number of aliphatic imine (C=N–C) groups is 1. The zero-order valence-corrected chi connectivity index (χ0v) is 18.0. The minimum Gasteiger partial charge on any atom is -0.379 e. The van der Waals surface area contributed by atoms with Gasteiger partial charge in [-0.3, -0.25) is 0 Å².